The Morgan fingerprint density at radius 3 is 3.00 bits per heavy atom. The molecule has 66 valence electrons. The monoisotopic (exact) mass is 173 g/mol. The first-order valence-corrected chi connectivity index (χ1v) is 4.74. The van der Waals surface area contributed by atoms with Crippen molar-refractivity contribution in [2.75, 3.05) is 0 Å². The Morgan fingerprint density at radius 2 is 2.15 bits per heavy atom. The molecule has 1 heterocycles. The lowest BCUT2D eigenvalue weighted by molar-refractivity contribution is -0.136. The van der Waals surface area contributed by atoms with Gasteiger partial charge in [0.1, 0.15) is 0 Å². The zero-order chi connectivity index (χ0) is 8.84. The molecule has 2 atom stereocenters. The summed E-state index contributed by atoms with van der Waals surface area (Å²) in [6.45, 7) is 0. The summed E-state index contributed by atoms with van der Waals surface area (Å²) in [5.41, 5.74) is 2.74. The minimum Gasteiger partial charge on any atom is -0.348 e. The zero-order valence-corrected chi connectivity index (χ0v) is 7.29. The van der Waals surface area contributed by atoms with Crippen molar-refractivity contribution in [1.82, 2.24) is 5.32 Å². The van der Waals surface area contributed by atoms with Crippen LogP contribution in [0.5, 0.6) is 0 Å². The van der Waals surface area contributed by atoms with Crippen LogP contribution in [0.2, 0.25) is 0 Å². The number of rotatable bonds is 0. The lowest BCUT2D eigenvalue weighted by Crippen LogP contribution is -2.53. The van der Waals surface area contributed by atoms with Gasteiger partial charge in [0.25, 0.3) is 0 Å². The van der Waals surface area contributed by atoms with Crippen molar-refractivity contribution in [2.45, 2.75) is 18.9 Å². The molecule has 0 unspecified atom stereocenters. The van der Waals surface area contributed by atoms with Crippen LogP contribution in [0.4, 0.5) is 0 Å². The van der Waals surface area contributed by atoms with Crippen molar-refractivity contribution < 1.29 is 4.79 Å². The number of hydrogen-bond donors (Lipinski definition) is 1. The van der Waals surface area contributed by atoms with E-state index >= 15 is 0 Å². The van der Waals surface area contributed by atoms with Gasteiger partial charge in [-0.25, -0.2) is 0 Å². The SMILES string of the molecule is O=C1N[C@H]2c3ccccc3CC[C@H]12. The molecule has 1 amide bonds. The third-order valence-corrected chi connectivity index (χ3v) is 3.15. The number of hydrogen-bond acceptors (Lipinski definition) is 1. The first-order chi connectivity index (χ1) is 6.36. The second-order valence-electron chi connectivity index (χ2n) is 3.83. The van der Waals surface area contributed by atoms with Gasteiger partial charge in [-0.2, -0.15) is 0 Å². The van der Waals surface area contributed by atoms with Gasteiger partial charge in [-0.15, -0.1) is 0 Å². The predicted molar refractivity (Wildman–Crippen MR) is 49.1 cm³/mol. The van der Waals surface area contributed by atoms with Gasteiger partial charge in [0.2, 0.25) is 5.91 Å². The molecule has 1 aliphatic carbocycles. The predicted octanol–water partition coefficient (Wildman–Crippen LogP) is 1.42. The summed E-state index contributed by atoms with van der Waals surface area (Å²) in [6, 6.07) is 8.73. The lowest BCUT2D eigenvalue weighted by Gasteiger charge is -2.41. The molecule has 1 saturated heterocycles. The summed E-state index contributed by atoms with van der Waals surface area (Å²) >= 11 is 0. The average molecular weight is 173 g/mol. The van der Waals surface area contributed by atoms with Crippen LogP contribution in [0.25, 0.3) is 0 Å². The minimum atomic E-state index is 0.236. The van der Waals surface area contributed by atoms with Crippen molar-refractivity contribution in [3.63, 3.8) is 0 Å². The number of β-lactam (4-membered cyclic amide) rings is 1. The number of fused-ring (bicyclic) bond motifs is 3. The van der Waals surface area contributed by atoms with Crippen LogP contribution in [0, 0.1) is 5.92 Å². The van der Waals surface area contributed by atoms with Gasteiger partial charge in [0.05, 0.1) is 12.0 Å². The van der Waals surface area contributed by atoms with E-state index < -0.39 is 0 Å². The van der Waals surface area contributed by atoms with Gasteiger partial charge >= 0.3 is 0 Å². The molecule has 0 bridgehead atoms. The normalized spacial score (nSPS) is 29.7. The molecule has 0 aromatic heterocycles. The molecule has 1 aliphatic heterocycles. The van der Waals surface area contributed by atoms with Gasteiger partial charge in [-0.05, 0) is 24.0 Å². The number of carbonyl (C=O) groups excluding carboxylic acids is 1. The van der Waals surface area contributed by atoms with Crippen molar-refractivity contribution in [3.8, 4) is 0 Å². The summed E-state index contributed by atoms with van der Waals surface area (Å²) in [5, 5.41) is 2.96. The van der Waals surface area contributed by atoms with Crippen LogP contribution >= 0.6 is 0 Å². The highest BCUT2D eigenvalue weighted by molar-refractivity contribution is 5.87. The van der Waals surface area contributed by atoms with Crippen molar-refractivity contribution in [2.24, 2.45) is 5.92 Å². The molecule has 3 rings (SSSR count). The Morgan fingerprint density at radius 1 is 1.31 bits per heavy atom. The number of carbonyl (C=O) groups is 1. The van der Waals surface area contributed by atoms with E-state index in [1.165, 1.54) is 11.1 Å². The zero-order valence-electron chi connectivity index (χ0n) is 7.29. The van der Waals surface area contributed by atoms with E-state index in [-0.39, 0.29) is 11.8 Å². The molecule has 0 saturated carbocycles. The Bertz CT molecular complexity index is 372. The fraction of sp³-hybridized carbons (Fsp3) is 0.364. The summed E-state index contributed by atoms with van der Waals surface area (Å²) in [4.78, 5) is 11.2. The quantitative estimate of drug-likeness (QED) is 0.591. The molecular weight excluding hydrogens is 162 g/mol. The Kier molecular flexibility index (Phi) is 1.29. The fourth-order valence-electron chi connectivity index (χ4n) is 2.38. The summed E-state index contributed by atoms with van der Waals surface area (Å²) in [6.07, 6.45) is 2.08. The first-order valence-electron chi connectivity index (χ1n) is 4.74. The Balaban J connectivity index is 2.05. The minimum absolute atomic E-state index is 0.236. The molecular formula is C11H11NO. The Hall–Kier alpha value is -1.31. The second-order valence-corrected chi connectivity index (χ2v) is 3.83. The lowest BCUT2D eigenvalue weighted by atomic mass is 9.74. The maximum atomic E-state index is 11.2. The first kappa shape index (κ1) is 7.13. The standard InChI is InChI=1S/C11H11NO/c13-11-9-6-5-7-3-1-2-4-8(7)10(9)12-11/h1-4,9-10H,5-6H2,(H,12,13)/t9-,10-/m0/s1. The van der Waals surface area contributed by atoms with Crippen LogP contribution in [0.1, 0.15) is 23.6 Å². The van der Waals surface area contributed by atoms with Gasteiger partial charge < -0.3 is 5.32 Å². The number of nitrogens with one attached hydrogen (secondary N) is 1. The van der Waals surface area contributed by atoms with Gasteiger partial charge in [0.15, 0.2) is 0 Å². The summed E-state index contributed by atoms with van der Waals surface area (Å²) in [7, 11) is 0. The van der Waals surface area contributed by atoms with E-state index in [0.717, 1.165) is 12.8 Å². The summed E-state index contributed by atoms with van der Waals surface area (Å²) in [5.74, 6) is 0.495. The maximum Gasteiger partial charge on any atom is 0.226 e. The van der Waals surface area contributed by atoms with E-state index in [0.29, 0.717) is 6.04 Å². The van der Waals surface area contributed by atoms with Crippen molar-refractivity contribution in [1.29, 1.82) is 0 Å². The van der Waals surface area contributed by atoms with Crippen molar-refractivity contribution in [3.05, 3.63) is 35.4 Å². The number of amides is 1. The van der Waals surface area contributed by atoms with E-state index in [1.807, 2.05) is 6.07 Å². The van der Waals surface area contributed by atoms with Crippen LogP contribution < -0.4 is 5.32 Å². The molecule has 0 radical (unpaired) electrons. The van der Waals surface area contributed by atoms with Crippen LogP contribution in [-0.2, 0) is 11.2 Å². The molecule has 1 aromatic carbocycles. The highest BCUT2D eigenvalue weighted by Gasteiger charge is 2.42. The third-order valence-electron chi connectivity index (χ3n) is 3.15. The third kappa shape index (κ3) is 0.857. The molecule has 1 aromatic rings. The second kappa shape index (κ2) is 2.34. The molecule has 1 N–H and O–H groups in total. The van der Waals surface area contributed by atoms with Gasteiger partial charge in [-0.3, -0.25) is 4.79 Å². The van der Waals surface area contributed by atoms with Gasteiger partial charge in [-0.1, -0.05) is 24.3 Å². The highest BCUT2D eigenvalue weighted by Crippen LogP contribution is 2.39. The molecule has 13 heavy (non-hydrogen) atoms. The molecule has 1 fully saturated rings. The summed E-state index contributed by atoms with van der Waals surface area (Å²) < 4.78 is 0. The average Bonchev–Trinajstić information content (AvgIpc) is 2.16. The van der Waals surface area contributed by atoms with Crippen LogP contribution in [0.3, 0.4) is 0 Å². The van der Waals surface area contributed by atoms with E-state index in [1.54, 1.807) is 0 Å². The van der Waals surface area contributed by atoms with E-state index in [9.17, 15) is 4.79 Å². The maximum absolute atomic E-state index is 11.2. The topological polar surface area (TPSA) is 29.1 Å². The Labute approximate surface area is 77.0 Å². The van der Waals surface area contributed by atoms with Crippen LogP contribution in [0.15, 0.2) is 24.3 Å². The molecule has 0 spiro atoms. The van der Waals surface area contributed by atoms with E-state index in [4.69, 9.17) is 0 Å². The molecule has 2 heteroatoms. The highest BCUT2D eigenvalue weighted by atomic mass is 16.2. The molecule has 2 nitrogen and oxygen atoms in total. The number of aryl methyl sites for hydroxylation is 1. The van der Waals surface area contributed by atoms with Crippen molar-refractivity contribution >= 4 is 5.91 Å². The fourth-order valence-corrected chi connectivity index (χ4v) is 2.38. The molecule has 2 aliphatic rings. The van der Waals surface area contributed by atoms with E-state index in [2.05, 4.69) is 23.5 Å². The largest absolute Gasteiger partial charge is 0.348 e. The van der Waals surface area contributed by atoms with Crippen LogP contribution in [-0.4, -0.2) is 5.91 Å². The number of benzene rings is 1. The smallest absolute Gasteiger partial charge is 0.226 e. The van der Waals surface area contributed by atoms with Gasteiger partial charge in [0, 0.05) is 0 Å².